The average molecular weight is 346 g/mol. The van der Waals surface area contributed by atoms with Crippen LogP contribution in [0.3, 0.4) is 0 Å². The van der Waals surface area contributed by atoms with Gasteiger partial charge in [-0.1, -0.05) is 36.4 Å². The first-order valence-corrected chi connectivity index (χ1v) is 8.89. The van der Waals surface area contributed by atoms with Crippen LogP contribution in [0.5, 0.6) is 0 Å². The van der Waals surface area contributed by atoms with Crippen molar-refractivity contribution in [1.29, 1.82) is 0 Å². The Balaban J connectivity index is 1.66. The van der Waals surface area contributed by atoms with Crippen molar-refractivity contribution in [2.75, 3.05) is 13.1 Å². The first-order valence-electron chi connectivity index (χ1n) is 8.89. The number of hydrogen-bond acceptors (Lipinski definition) is 3. The predicted molar refractivity (Wildman–Crippen MR) is 103 cm³/mol. The summed E-state index contributed by atoms with van der Waals surface area (Å²) < 4.78 is 1.75. The molecular weight excluding hydrogens is 324 g/mol. The van der Waals surface area contributed by atoms with Crippen LogP contribution in [0.25, 0.3) is 16.6 Å². The molecule has 1 amide bonds. The molecule has 1 aliphatic heterocycles. The normalized spacial score (nSPS) is 14.6. The van der Waals surface area contributed by atoms with E-state index in [1.165, 1.54) is 11.1 Å². The van der Waals surface area contributed by atoms with Crippen LogP contribution in [0, 0.1) is 13.8 Å². The molecule has 0 unspecified atom stereocenters. The zero-order valence-corrected chi connectivity index (χ0v) is 15.4. The molecular formula is C21H22N4O. The highest BCUT2D eigenvalue weighted by atomic mass is 16.2. The first kappa shape index (κ1) is 16.5. The van der Waals surface area contributed by atoms with Crippen molar-refractivity contribution in [3.8, 4) is 0 Å². The van der Waals surface area contributed by atoms with E-state index in [-0.39, 0.29) is 5.91 Å². The van der Waals surface area contributed by atoms with Crippen molar-refractivity contribution >= 4 is 22.5 Å². The van der Waals surface area contributed by atoms with Gasteiger partial charge in [-0.2, -0.15) is 5.10 Å². The third kappa shape index (κ3) is 2.79. The number of nitrogens with zero attached hydrogens (tertiary/aromatic N) is 4. The Morgan fingerprint density at radius 2 is 1.92 bits per heavy atom. The summed E-state index contributed by atoms with van der Waals surface area (Å²) in [5.41, 5.74) is 5.70. The molecule has 2 aromatic heterocycles. The van der Waals surface area contributed by atoms with Gasteiger partial charge in [0, 0.05) is 25.8 Å². The largest absolute Gasteiger partial charge is 0.335 e. The van der Waals surface area contributed by atoms with Crippen LogP contribution >= 0.6 is 0 Å². The molecule has 0 saturated heterocycles. The molecule has 132 valence electrons. The maximum atomic E-state index is 13.2. The Bertz CT molecular complexity index is 1020. The molecule has 1 aliphatic rings. The summed E-state index contributed by atoms with van der Waals surface area (Å²) in [6, 6.07) is 12.3. The molecule has 0 N–H and O–H groups in total. The van der Waals surface area contributed by atoms with E-state index in [2.05, 4.69) is 40.4 Å². The fourth-order valence-electron chi connectivity index (χ4n) is 3.68. The molecule has 4 rings (SSSR count). The van der Waals surface area contributed by atoms with Gasteiger partial charge in [0.25, 0.3) is 5.91 Å². The molecule has 5 nitrogen and oxygen atoms in total. The first-order chi connectivity index (χ1) is 12.5. The smallest absolute Gasteiger partial charge is 0.255 e. The number of carbonyl (C=O) groups excluding carboxylic acids is 1. The van der Waals surface area contributed by atoms with E-state index in [4.69, 9.17) is 0 Å². The molecule has 0 bridgehead atoms. The van der Waals surface area contributed by atoms with Crippen molar-refractivity contribution in [2.24, 2.45) is 7.05 Å². The number of hydrogen-bond donors (Lipinski definition) is 0. The van der Waals surface area contributed by atoms with Crippen LogP contribution in [-0.2, 0) is 7.05 Å². The standard InChI is InChI=1S/C21H22N4O/c1-14-13-18(19-15(2)23-24(3)20(19)22-14)21(26)25-11-9-17(10-12-25)16-7-5-4-6-8-16/h4-9,13H,10-12H2,1-3H3. The molecule has 0 spiro atoms. The molecule has 0 atom stereocenters. The van der Waals surface area contributed by atoms with Crippen LogP contribution in [0.2, 0.25) is 0 Å². The molecule has 0 radical (unpaired) electrons. The lowest BCUT2D eigenvalue weighted by Gasteiger charge is -2.27. The molecule has 0 aliphatic carbocycles. The fourth-order valence-corrected chi connectivity index (χ4v) is 3.68. The highest BCUT2D eigenvalue weighted by molar-refractivity contribution is 6.06. The quantitative estimate of drug-likeness (QED) is 0.713. The van der Waals surface area contributed by atoms with Crippen molar-refractivity contribution < 1.29 is 4.79 Å². The van der Waals surface area contributed by atoms with Crippen LogP contribution in [0.4, 0.5) is 0 Å². The minimum Gasteiger partial charge on any atom is -0.335 e. The molecule has 3 aromatic rings. The van der Waals surface area contributed by atoms with Crippen LogP contribution in [0.15, 0.2) is 42.5 Å². The predicted octanol–water partition coefficient (Wildman–Crippen LogP) is 3.51. The molecule has 3 heterocycles. The van der Waals surface area contributed by atoms with Gasteiger partial charge in [-0.25, -0.2) is 4.98 Å². The minimum absolute atomic E-state index is 0.0555. The summed E-state index contributed by atoms with van der Waals surface area (Å²) in [6.07, 6.45) is 3.03. The summed E-state index contributed by atoms with van der Waals surface area (Å²) in [5.74, 6) is 0.0555. The highest BCUT2D eigenvalue weighted by Gasteiger charge is 2.24. The van der Waals surface area contributed by atoms with E-state index in [0.717, 1.165) is 35.4 Å². The van der Waals surface area contributed by atoms with Crippen LogP contribution < -0.4 is 0 Å². The SMILES string of the molecule is Cc1cc(C(=O)N2CC=C(c3ccccc3)CC2)c2c(C)nn(C)c2n1. The number of amides is 1. The van der Waals surface area contributed by atoms with Gasteiger partial charge in [-0.15, -0.1) is 0 Å². The fraction of sp³-hybridized carbons (Fsp3) is 0.286. The maximum Gasteiger partial charge on any atom is 0.255 e. The number of aromatic nitrogens is 3. The van der Waals surface area contributed by atoms with E-state index >= 15 is 0 Å². The molecule has 5 heteroatoms. The Hall–Kier alpha value is -2.95. The lowest BCUT2D eigenvalue weighted by atomic mass is 9.99. The number of pyridine rings is 1. The second-order valence-electron chi connectivity index (χ2n) is 6.82. The number of aryl methyl sites for hydroxylation is 3. The summed E-state index contributed by atoms with van der Waals surface area (Å²) in [6.45, 7) is 5.20. The van der Waals surface area contributed by atoms with Gasteiger partial charge in [-0.05, 0) is 37.5 Å². The Kier molecular flexibility index (Phi) is 4.07. The summed E-state index contributed by atoms with van der Waals surface area (Å²) in [4.78, 5) is 19.7. The van der Waals surface area contributed by atoms with Gasteiger partial charge in [0.15, 0.2) is 5.65 Å². The van der Waals surface area contributed by atoms with E-state index in [0.29, 0.717) is 12.1 Å². The van der Waals surface area contributed by atoms with Crippen molar-refractivity contribution in [2.45, 2.75) is 20.3 Å². The topological polar surface area (TPSA) is 51.0 Å². The molecule has 0 saturated carbocycles. The van der Waals surface area contributed by atoms with Crippen molar-refractivity contribution in [1.82, 2.24) is 19.7 Å². The van der Waals surface area contributed by atoms with Crippen molar-refractivity contribution in [3.05, 3.63) is 65.0 Å². The third-order valence-corrected chi connectivity index (χ3v) is 4.97. The van der Waals surface area contributed by atoms with E-state index < -0.39 is 0 Å². The average Bonchev–Trinajstić information content (AvgIpc) is 2.95. The number of fused-ring (bicyclic) bond motifs is 1. The van der Waals surface area contributed by atoms with Crippen molar-refractivity contribution in [3.63, 3.8) is 0 Å². The highest BCUT2D eigenvalue weighted by Crippen LogP contribution is 2.26. The van der Waals surface area contributed by atoms with Crippen LogP contribution in [0.1, 0.15) is 33.7 Å². The van der Waals surface area contributed by atoms with Gasteiger partial charge in [0.2, 0.25) is 0 Å². The zero-order valence-electron chi connectivity index (χ0n) is 15.4. The van der Waals surface area contributed by atoms with E-state index in [1.54, 1.807) is 4.68 Å². The zero-order chi connectivity index (χ0) is 18.3. The van der Waals surface area contributed by atoms with E-state index in [1.807, 2.05) is 37.9 Å². The van der Waals surface area contributed by atoms with E-state index in [9.17, 15) is 4.79 Å². The van der Waals surface area contributed by atoms with Crippen LogP contribution in [-0.4, -0.2) is 38.7 Å². The van der Waals surface area contributed by atoms with Gasteiger partial charge in [0.05, 0.1) is 16.6 Å². The monoisotopic (exact) mass is 346 g/mol. The molecule has 26 heavy (non-hydrogen) atoms. The lowest BCUT2D eigenvalue weighted by molar-refractivity contribution is 0.0774. The van der Waals surface area contributed by atoms with Gasteiger partial charge in [-0.3, -0.25) is 9.48 Å². The van der Waals surface area contributed by atoms with Gasteiger partial charge >= 0.3 is 0 Å². The Labute approximate surface area is 153 Å². The number of carbonyl (C=O) groups is 1. The Morgan fingerprint density at radius 3 is 2.62 bits per heavy atom. The summed E-state index contributed by atoms with van der Waals surface area (Å²) >= 11 is 0. The van der Waals surface area contributed by atoms with Gasteiger partial charge < -0.3 is 4.90 Å². The second-order valence-corrected chi connectivity index (χ2v) is 6.82. The molecule has 0 fully saturated rings. The lowest BCUT2D eigenvalue weighted by Crippen LogP contribution is -2.34. The summed E-state index contributed by atoms with van der Waals surface area (Å²) in [7, 11) is 1.87. The number of benzene rings is 1. The summed E-state index contributed by atoms with van der Waals surface area (Å²) in [5, 5.41) is 5.30. The third-order valence-electron chi connectivity index (χ3n) is 4.97. The van der Waals surface area contributed by atoms with Gasteiger partial charge in [0.1, 0.15) is 0 Å². The minimum atomic E-state index is 0.0555. The molecule has 1 aromatic carbocycles. The second kappa shape index (κ2) is 6.41. The number of rotatable bonds is 2. The maximum absolute atomic E-state index is 13.2. The Morgan fingerprint density at radius 1 is 1.15 bits per heavy atom.